The summed E-state index contributed by atoms with van der Waals surface area (Å²) in [4.78, 5) is 41.4. The summed E-state index contributed by atoms with van der Waals surface area (Å²) >= 11 is 0. The normalized spacial score (nSPS) is 18.8. The molecule has 0 bridgehead atoms. The van der Waals surface area contributed by atoms with Crippen LogP contribution in [0.15, 0.2) is 84.1 Å². The molecule has 3 heterocycles. The molecule has 4 aromatic rings. The van der Waals surface area contributed by atoms with Crippen LogP contribution in [-0.2, 0) is 9.59 Å². The first-order valence-corrected chi connectivity index (χ1v) is 16.6. The minimum Gasteiger partial charge on any atom is -0.382 e. The summed E-state index contributed by atoms with van der Waals surface area (Å²) in [5.74, 6) is -0.933. The summed E-state index contributed by atoms with van der Waals surface area (Å²) in [6.07, 6.45) is 6.74. The Morgan fingerprint density at radius 1 is 1.04 bits per heavy atom. The molecule has 3 aromatic carbocycles. The summed E-state index contributed by atoms with van der Waals surface area (Å²) in [6.45, 7) is 7.15. The Labute approximate surface area is 285 Å². The van der Waals surface area contributed by atoms with E-state index in [0.29, 0.717) is 70.6 Å². The van der Waals surface area contributed by atoms with E-state index in [4.69, 9.17) is 0 Å². The maximum absolute atomic E-state index is 15.6. The number of nitrogens with one attached hydrogen (secondary N) is 3. The number of aromatic amines is 1. The van der Waals surface area contributed by atoms with Crippen LogP contribution in [0.5, 0.6) is 0 Å². The van der Waals surface area contributed by atoms with Gasteiger partial charge in [0.05, 0.1) is 23.6 Å². The number of hydrogen-bond acceptors (Lipinski definition) is 6. The van der Waals surface area contributed by atoms with Crippen LogP contribution in [0.4, 0.5) is 8.78 Å². The lowest BCUT2D eigenvalue weighted by Gasteiger charge is -2.28. The molecule has 9 nitrogen and oxygen atoms in total. The standard InChI is InChI=1S/C38H41F2N7O2/c1-24(48)44-36(25-9-5-4-6-10-25)38(49)47-18-8-12-35(47)37-43-23-34(45-37)30-16-14-27(20-32(30)40)26-13-15-29(31(39)19-26)33(22-41-2)42-21-28-11-7-17-46(28)3/h4-6,9-10,13-16,19-20,22-23,28,35-36,42H,2,7-8,11-12,17-18,21H2,1,3H3,(H,43,45)(H,44,48)/b33-22-/t28-,35-,36+/m0/s1. The molecular weight excluding hydrogens is 624 g/mol. The van der Waals surface area contributed by atoms with Gasteiger partial charge < -0.3 is 25.4 Å². The van der Waals surface area contributed by atoms with Gasteiger partial charge >= 0.3 is 0 Å². The second kappa shape index (κ2) is 14.9. The third-order valence-corrected chi connectivity index (χ3v) is 9.45. The van der Waals surface area contributed by atoms with Gasteiger partial charge in [0.25, 0.3) is 0 Å². The Balaban J connectivity index is 1.18. The molecule has 3 N–H and O–H groups in total. The largest absolute Gasteiger partial charge is 0.382 e. The number of amides is 2. The topological polar surface area (TPSA) is 106 Å². The van der Waals surface area contributed by atoms with E-state index in [1.54, 1.807) is 35.4 Å². The summed E-state index contributed by atoms with van der Waals surface area (Å²) < 4.78 is 31.1. The lowest BCUT2D eigenvalue weighted by Crippen LogP contribution is -2.42. The van der Waals surface area contributed by atoms with E-state index in [2.05, 4.69) is 44.3 Å². The van der Waals surface area contributed by atoms with Gasteiger partial charge in [-0.05, 0) is 86.9 Å². The third-order valence-electron chi connectivity index (χ3n) is 9.45. The third kappa shape index (κ3) is 7.46. The number of imidazole rings is 1. The van der Waals surface area contributed by atoms with Crippen molar-refractivity contribution < 1.29 is 18.4 Å². The number of nitrogens with zero attached hydrogens (tertiary/aromatic N) is 4. The Bertz CT molecular complexity index is 1860. The van der Waals surface area contributed by atoms with Crippen molar-refractivity contribution in [2.45, 2.75) is 50.7 Å². The van der Waals surface area contributed by atoms with Crippen molar-refractivity contribution in [3.63, 3.8) is 0 Å². The molecule has 11 heteroatoms. The molecule has 1 aromatic heterocycles. The van der Waals surface area contributed by atoms with Gasteiger partial charge in [0.1, 0.15) is 23.5 Å². The molecule has 2 aliphatic rings. The fourth-order valence-electron chi connectivity index (χ4n) is 6.85. The average Bonchev–Trinajstić information content (AvgIpc) is 3.87. The molecule has 254 valence electrons. The van der Waals surface area contributed by atoms with Crippen molar-refractivity contribution in [3.05, 3.63) is 108 Å². The van der Waals surface area contributed by atoms with Crippen LogP contribution in [0.1, 0.15) is 61.6 Å². The lowest BCUT2D eigenvalue weighted by molar-refractivity contribution is -0.137. The molecule has 0 unspecified atom stereocenters. The minimum absolute atomic E-state index is 0.226. The zero-order valence-corrected chi connectivity index (χ0v) is 27.8. The zero-order valence-electron chi connectivity index (χ0n) is 27.8. The van der Waals surface area contributed by atoms with Crippen LogP contribution in [0.3, 0.4) is 0 Å². The highest BCUT2D eigenvalue weighted by molar-refractivity contribution is 5.88. The smallest absolute Gasteiger partial charge is 0.250 e. The SMILES string of the molecule is C=N/C=C(\NC[C@@H]1CCCN1C)c1ccc(-c2ccc(-c3cnc([C@@H]4CCCN4C(=O)[C@H](NC(C)=O)c4ccccc4)[nH]3)c(F)c2)cc1F. The predicted molar refractivity (Wildman–Crippen MR) is 187 cm³/mol. The number of aliphatic imine (C=N–C) groups is 1. The zero-order chi connectivity index (χ0) is 34.5. The first-order valence-electron chi connectivity index (χ1n) is 16.6. The van der Waals surface area contributed by atoms with Crippen molar-refractivity contribution in [1.29, 1.82) is 0 Å². The van der Waals surface area contributed by atoms with Crippen molar-refractivity contribution in [2.75, 3.05) is 26.7 Å². The Hall–Kier alpha value is -5.16. The maximum Gasteiger partial charge on any atom is 0.250 e. The van der Waals surface area contributed by atoms with Crippen molar-refractivity contribution in [1.82, 2.24) is 30.4 Å². The van der Waals surface area contributed by atoms with Gasteiger partial charge in [-0.3, -0.25) is 14.6 Å². The summed E-state index contributed by atoms with van der Waals surface area (Å²) in [5.41, 5.74) is 3.43. The van der Waals surface area contributed by atoms with Gasteiger partial charge in [0, 0.05) is 43.4 Å². The van der Waals surface area contributed by atoms with Crippen LogP contribution < -0.4 is 10.6 Å². The van der Waals surface area contributed by atoms with Crippen molar-refractivity contribution in [2.24, 2.45) is 4.99 Å². The molecule has 2 fully saturated rings. The van der Waals surface area contributed by atoms with E-state index >= 15 is 8.78 Å². The number of carbonyl (C=O) groups excluding carboxylic acids is 2. The van der Waals surface area contributed by atoms with Gasteiger partial charge in [-0.2, -0.15) is 0 Å². The first-order chi connectivity index (χ1) is 23.7. The van der Waals surface area contributed by atoms with Gasteiger partial charge in [-0.15, -0.1) is 0 Å². The van der Waals surface area contributed by atoms with E-state index in [-0.39, 0.29) is 17.9 Å². The first kappa shape index (κ1) is 33.7. The molecule has 2 amide bonds. The number of hydrogen-bond donors (Lipinski definition) is 3. The maximum atomic E-state index is 15.6. The van der Waals surface area contributed by atoms with Crippen molar-refractivity contribution in [3.8, 4) is 22.4 Å². The highest BCUT2D eigenvalue weighted by Gasteiger charge is 2.36. The van der Waals surface area contributed by atoms with E-state index in [0.717, 1.165) is 25.8 Å². The second-order valence-corrected chi connectivity index (χ2v) is 12.7. The van der Waals surface area contributed by atoms with Crippen LogP contribution >= 0.6 is 0 Å². The molecule has 3 atom stereocenters. The second-order valence-electron chi connectivity index (χ2n) is 12.7. The van der Waals surface area contributed by atoms with Gasteiger partial charge in [0.15, 0.2) is 0 Å². The Morgan fingerprint density at radius 2 is 1.78 bits per heavy atom. The molecule has 0 spiro atoms. The Kier molecular flexibility index (Phi) is 10.3. The van der Waals surface area contributed by atoms with E-state index in [1.165, 1.54) is 25.3 Å². The highest BCUT2D eigenvalue weighted by atomic mass is 19.1. The number of likely N-dealkylation sites (N-methyl/N-ethyl adjacent to an activating group) is 1. The molecule has 0 radical (unpaired) electrons. The fourth-order valence-corrected chi connectivity index (χ4v) is 6.85. The lowest BCUT2D eigenvalue weighted by atomic mass is 10.00. The van der Waals surface area contributed by atoms with Crippen LogP contribution in [0.2, 0.25) is 0 Å². The summed E-state index contributed by atoms with van der Waals surface area (Å²) in [5, 5.41) is 6.12. The number of H-pyrrole nitrogens is 1. The monoisotopic (exact) mass is 665 g/mol. The molecule has 49 heavy (non-hydrogen) atoms. The number of likely N-dealkylation sites (tertiary alicyclic amines) is 2. The number of halogens is 2. The highest BCUT2D eigenvalue weighted by Crippen LogP contribution is 2.35. The number of benzene rings is 3. The van der Waals surface area contributed by atoms with Gasteiger partial charge in [-0.25, -0.2) is 13.8 Å². The van der Waals surface area contributed by atoms with Gasteiger partial charge in [0.2, 0.25) is 11.8 Å². The van der Waals surface area contributed by atoms with Crippen molar-refractivity contribution >= 4 is 24.2 Å². The van der Waals surface area contributed by atoms with Crippen LogP contribution in [0.25, 0.3) is 28.1 Å². The molecule has 2 aliphatic heterocycles. The molecule has 0 aliphatic carbocycles. The minimum atomic E-state index is -0.825. The van der Waals surface area contributed by atoms with Gasteiger partial charge in [-0.1, -0.05) is 42.5 Å². The van der Waals surface area contributed by atoms with E-state index < -0.39 is 17.7 Å². The Morgan fingerprint density at radius 3 is 2.45 bits per heavy atom. The number of rotatable bonds is 11. The number of carbonyl (C=O) groups is 2. The predicted octanol–water partition coefficient (Wildman–Crippen LogP) is 6.25. The summed E-state index contributed by atoms with van der Waals surface area (Å²) in [7, 11) is 2.09. The average molecular weight is 666 g/mol. The van der Waals surface area contributed by atoms with E-state index in [1.807, 2.05) is 30.3 Å². The van der Waals surface area contributed by atoms with E-state index in [9.17, 15) is 9.59 Å². The number of aromatic nitrogens is 2. The molecule has 2 saturated heterocycles. The molecular formula is C38H41F2N7O2. The molecule has 0 saturated carbocycles. The fraction of sp³-hybridized carbons (Fsp3) is 0.316. The molecule has 6 rings (SSSR count). The quantitative estimate of drug-likeness (QED) is 0.165. The van der Waals surface area contributed by atoms with Crippen LogP contribution in [-0.4, -0.2) is 71.0 Å². The summed E-state index contributed by atoms with van der Waals surface area (Å²) in [6, 6.07) is 17.9. The van der Waals surface area contributed by atoms with Crippen LogP contribution in [0, 0.1) is 11.6 Å².